The molecule has 4 heteroatoms. The van der Waals surface area contributed by atoms with E-state index < -0.39 is 15.1 Å². The molecule has 0 amide bonds. The van der Waals surface area contributed by atoms with E-state index in [1.807, 2.05) is 0 Å². The summed E-state index contributed by atoms with van der Waals surface area (Å²) in [4.78, 5) is 10.7. The smallest absolute Gasteiger partial charge is 0.180 e. The molecular weight excluding hydrogens is 212 g/mol. The Balaban J connectivity index is 3.31. The fourth-order valence-electron chi connectivity index (χ4n) is 1.29. The van der Waals surface area contributed by atoms with Crippen LogP contribution in [0, 0.1) is 0 Å². The molecule has 0 saturated carbocycles. The largest absolute Gasteiger partial charge is 0.303 e. The van der Waals surface area contributed by atoms with Gasteiger partial charge in [-0.15, -0.1) is 0 Å². The first kappa shape index (κ1) is 11.9. The Labute approximate surface area is 90.0 Å². The monoisotopic (exact) mass is 226 g/mol. The van der Waals surface area contributed by atoms with Crippen LogP contribution in [0.25, 0.3) is 0 Å². The molecule has 1 aromatic rings. The number of hydrogen-bond donors (Lipinski definition) is 0. The van der Waals surface area contributed by atoms with Gasteiger partial charge in [-0.05, 0) is 25.5 Å². The molecule has 3 nitrogen and oxygen atoms in total. The van der Waals surface area contributed by atoms with Gasteiger partial charge in [0.25, 0.3) is 0 Å². The summed E-state index contributed by atoms with van der Waals surface area (Å²) in [5.41, 5.74) is 0.571. The quantitative estimate of drug-likeness (QED) is 0.733. The van der Waals surface area contributed by atoms with E-state index in [0.29, 0.717) is 11.8 Å². The van der Waals surface area contributed by atoms with Crippen molar-refractivity contribution >= 4 is 16.1 Å². The Morgan fingerprint density at radius 2 is 1.87 bits per heavy atom. The first-order chi connectivity index (χ1) is 7.00. The normalized spacial score (nSPS) is 11.7. The highest BCUT2D eigenvalue weighted by atomic mass is 32.2. The summed E-state index contributed by atoms with van der Waals surface area (Å²) in [6.07, 6.45) is 0.858. The molecule has 0 atom stereocenters. The number of sulfone groups is 1. The number of aldehydes is 1. The average Bonchev–Trinajstić information content (AvgIpc) is 2.18. The van der Waals surface area contributed by atoms with Gasteiger partial charge in [0.2, 0.25) is 0 Å². The van der Waals surface area contributed by atoms with Gasteiger partial charge in [-0.2, -0.15) is 0 Å². The second-order valence-electron chi connectivity index (χ2n) is 3.57. The van der Waals surface area contributed by atoms with E-state index in [1.54, 1.807) is 38.1 Å². The van der Waals surface area contributed by atoms with Gasteiger partial charge in [0.1, 0.15) is 6.29 Å². The third-order valence-corrected chi connectivity index (χ3v) is 4.46. The van der Waals surface area contributed by atoms with E-state index in [-0.39, 0.29) is 11.3 Å². The van der Waals surface area contributed by atoms with Gasteiger partial charge in [0, 0.05) is 6.42 Å². The van der Waals surface area contributed by atoms with Crippen molar-refractivity contribution in [3.63, 3.8) is 0 Å². The van der Waals surface area contributed by atoms with Crippen LogP contribution in [0.2, 0.25) is 0 Å². The van der Waals surface area contributed by atoms with Crippen LogP contribution in [0.5, 0.6) is 0 Å². The Bertz CT molecular complexity index is 447. The molecule has 1 rings (SSSR count). The van der Waals surface area contributed by atoms with Gasteiger partial charge in [0.05, 0.1) is 10.1 Å². The van der Waals surface area contributed by atoms with Crippen LogP contribution in [0.1, 0.15) is 19.4 Å². The number of hydrogen-bond acceptors (Lipinski definition) is 3. The van der Waals surface area contributed by atoms with Gasteiger partial charge in [-0.1, -0.05) is 18.2 Å². The average molecular weight is 226 g/mol. The summed E-state index contributed by atoms with van der Waals surface area (Å²) in [5.74, 6) is 0. The highest BCUT2D eigenvalue weighted by Crippen LogP contribution is 2.20. The van der Waals surface area contributed by atoms with Crippen LogP contribution >= 0.6 is 0 Å². The standard InChI is InChI=1S/C11H14O3S/c1-9(2)15(13,14)11-6-4-3-5-10(11)7-8-12/h3-6,8-9H,7H2,1-2H3. The molecule has 0 aliphatic rings. The molecule has 0 fully saturated rings. The molecule has 0 spiro atoms. The molecule has 0 radical (unpaired) electrons. The molecule has 0 aliphatic heterocycles. The van der Waals surface area contributed by atoms with Crippen molar-refractivity contribution in [2.24, 2.45) is 0 Å². The molecule has 0 bridgehead atoms. The van der Waals surface area contributed by atoms with E-state index in [0.717, 1.165) is 0 Å². The van der Waals surface area contributed by atoms with Crippen molar-refractivity contribution in [2.45, 2.75) is 30.4 Å². The molecule has 0 heterocycles. The van der Waals surface area contributed by atoms with Gasteiger partial charge in [-0.25, -0.2) is 8.42 Å². The van der Waals surface area contributed by atoms with E-state index in [9.17, 15) is 13.2 Å². The van der Waals surface area contributed by atoms with Crippen molar-refractivity contribution in [2.75, 3.05) is 0 Å². The number of benzene rings is 1. The maximum Gasteiger partial charge on any atom is 0.180 e. The summed E-state index contributed by atoms with van der Waals surface area (Å²) in [7, 11) is -3.29. The zero-order chi connectivity index (χ0) is 11.5. The molecular formula is C11H14O3S. The first-order valence-electron chi connectivity index (χ1n) is 4.75. The molecule has 15 heavy (non-hydrogen) atoms. The third-order valence-electron chi connectivity index (χ3n) is 2.20. The topological polar surface area (TPSA) is 51.2 Å². The molecule has 0 aromatic heterocycles. The molecule has 0 N–H and O–H groups in total. The molecule has 82 valence electrons. The Morgan fingerprint density at radius 1 is 1.27 bits per heavy atom. The second-order valence-corrected chi connectivity index (χ2v) is 6.04. The lowest BCUT2D eigenvalue weighted by molar-refractivity contribution is -0.107. The highest BCUT2D eigenvalue weighted by Gasteiger charge is 2.21. The van der Waals surface area contributed by atoms with Crippen molar-refractivity contribution in [3.8, 4) is 0 Å². The number of carbonyl (C=O) groups is 1. The Kier molecular flexibility index (Phi) is 3.63. The van der Waals surface area contributed by atoms with Crippen LogP contribution in [-0.2, 0) is 21.1 Å². The van der Waals surface area contributed by atoms with E-state index in [1.165, 1.54) is 0 Å². The van der Waals surface area contributed by atoms with Crippen molar-refractivity contribution in [3.05, 3.63) is 29.8 Å². The van der Waals surface area contributed by atoms with Crippen molar-refractivity contribution < 1.29 is 13.2 Å². The predicted octanol–water partition coefficient (Wildman–Crippen LogP) is 1.61. The SMILES string of the molecule is CC(C)S(=O)(=O)c1ccccc1CC=O. The highest BCUT2D eigenvalue weighted by molar-refractivity contribution is 7.92. The molecule has 0 unspecified atom stereocenters. The summed E-state index contributed by atoms with van der Waals surface area (Å²) >= 11 is 0. The van der Waals surface area contributed by atoms with Gasteiger partial charge in [-0.3, -0.25) is 0 Å². The zero-order valence-electron chi connectivity index (χ0n) is 8.80. The van der Waals surface area contributed by atoms with E-state index >= 15 is 0 Å². The fourth-order valence-corrected chi connectivity index (χ4v) is 2.59. The summed E-state index contributed by atoms with van der Waals surface area (Å²) in [6.45, 7) is 3.26. The molecule has 0 saturated heterocycles. The van der Waals surface area contributed by atoms with Gasteiger partial charge >= 0.3 is 0 Å². The number of rotatable bonds is 4. The Morgan fingerprint density at radius 3 is 2.40 bits per heavy atom. The minimum atomic E-state index is -3.29. The lowest BCUT2D eigenvalue weighted by Crippen LogP contribution is -2.16. The lowest BCUT2D eigenvalue weighted by Gasteiger charge is -2.10. The lowest BCUT2D eigenvalue weighted by atomic mass is 10.2. The van der Waals surface area contributed by atoms with Crippen LogP contribution < -0.4 is 0 Å². The minimum absolute atomic E-state index is 0.141. The minimum Gasteiger partial charge on any atom is -0.303 e. The first-order valence-corrected chi connectivity index (χ1v) is 6.30. The molecule has 1 aromatic carbocycles. The summed E-state index contributed by atoms with van der Waals surface area (Å²) in [6, 6.07) is 6.62. The van der Waals surface area contributed by atoms with Crippen LogP contribution in [0.15, 0.2) is 29.2 Å². The van der Waals surface area contributed by atoms with E-state index in [2.05, 4.69) is 0 Å². The van der Waals surface area contributed by atoms with Gasteiger partial charge in [0.15, 0.2) is 9.84 Å². The van der Waals surface area contributed by atoms with Crippen molar-refractivity contribution in [1.29, 1.82) is 0 Å². The maximum absolute atomic E-state index is 11.9. The van der Waals surface area contributed by atoms with Crippen LogP contribution in [0.3, 0.4) is 0 Å². The van der Waals surface area contributed by atoms with Gasteiger partial charge < -0.3 is 4.79 Å². The van der Waals surface area contributed by atoms with E-state index in [4.69, 9.17) is 0 Å². The Hall–Kier alpha value is -1.16. The number of carbonyl (C=O) groups excluding carboxylic acids is 1. The molecule has 0 aliphatic carbocycles. The summed E-state index contributed by atoms with van der Waals surface area (Å²) in [5, 5.41) is -0.467. The van der Waals surface area contributed by atoms with Crippen molar-refractivity contribution in [1.82, 2.24) is 0 Å². The maximum atomic E-state index is 11.9. The fraction of sp³-hybridized carbons (Fsp3) is 0.364. The second kappa shape index (κ2) is 4.57. The third kappa shape index (κ3) is 2.45. The van der Waals surface area contributed by atoms with Crippen LogP contribution in [0.4, 0.5) is 0 Å². The zero-order valence-corrected chi connectivity index (χ0v) is 9.62. The van der Waals surface area contributed by atoms with Crippen LogP contribution in [-0.4, -0.2) is 20.0 Å². The summed E-state index contributed by atoms with van der Waals surface area (Å²) < 4.78 is 23.8. The predicted molar refractivity (Wildman–Crippen MR) is 58.5 cm³/mol.